The highest BCUT2D eigenvalue weighted by molar-refractivity contribution is 6.58. The minimum atomic E-state index is -4.96. The second kappa shape index (κ2) is 7.53. The van der Waals surface area contributed by atoms with Gasteiger partial charge in [0.25, 0.3) is 0 Å². The zero-order chi connectivity index (χ0) is 16.0. The van der Waals surface area contributed by atoms with Crippen molar-refractivity contribution in [2.45, 2.75) is 25.6 Å². The van der Waals surface area contributed by atoms with Crippen molar-refractivity contribution in [1.82, 2.24) is 4.90 Å². The Bertz CT molecular complexity index is 484. The van der Waals surface area contributed by atoms with Gasteiger partial charge < -0.3 is 27.3 Å². The number of amides is 1. The molecule has 0 saturated carbocycles. The molecule has 0 spiro atoms. The van der Waals surface area contributed by atoms with Crippen molar-refractivity contribution in [3.05, 3.63) is 35.9 Å². The van der Waals surface area contributed by atoms with Crippen LogP contribution in [0.4, 0.5) is 17.7 Å². The van der Waals surface area contributed by atoms with Crippen LogP contribution < -0.4 is 0 Å². The zero-order valence-electron chi connectivity index (χ0n) is 12.1. The van der Waals surface area contributed by atoms with E-state index < -0.39 is 25.7 Å². The summed E-state index contributed by atoms with van der Waals surface area (Å²) >= 11 is 0. The van der Waals surface area contributed by atoms with Crippen molar-refractivity contribution < 1.29 is 27.2 Å². The van der Waals surface area contributed by atoms with Crippen molar-refractivity contribution in [3.63, 3.8) is 0 Å². The highest BCUT2D eigenvalue weighted by Crippen LogP contribution is 2.17. The van der Waals surface area contributed by atoms with Crippen LogP contribution in [0.3, 0.4) is 0 Å². The van der Waals surface area contributed by atoms with Crippen LogP contribution in [0.25, 0.3) is 0 Å². The lowest BCUT2D eigenvalue weighted by atomic mass is 9.94. The molecule has 1 aliphatic heterocycles. The third-order valence-electron chi connectivity index (χ3n) is 3.36. The Balaban J connectivity index is 1.77. The summed E-state index contributed by atoms with van der Waals surface area (Å²) in [5.41, 5.74) is 0.862. The minimum absolute atomic E-state index is 0.139. The summed E-state index contributed by atoms with van der Waals surface area (Å²) in [6, 6.07) is 9.21. The molecule has 0 unspecified atom stereocenters. The van der Waals surface area contributed by atoms with Crippen LogP contribution in [0, 0.1) is 0 Å². The lowest BCUT2D eigenvalue weighted by molar-refractivity contribution is 0.00640. The van der Waals surface area contributed by atoms with Gasteiger partial charge in [0.15, 0.2) is 0 Å². The molecule has 122 valence electrons. The number of likely N-dealkylation sites (tertiary alicyclic amines) is 1. The normalized spacial score (nSPS) is 19.0. The summed E-state index contributed by atoms with van der Waals surface area (Å²) < 4.78 is 46.6. The number of carbonyl (C=O) groups is 1. The molecule has 1 aromatic rings. The Morgan fingerprint density at radius 3 is 2.68 bits per heavy atom. The maximum atomic E-state index is 12.2. The number of rotatable bonds is 5. The third-order valence-corrected chi connectivity index (χ3v) is 3.36. The summed E-state index contributed by atoms with van der Waals surface area (Å²) in [5.74, 6) is 0. The van der Waals surface area contributed by atoms with Crippen molar-refractivity contribution in [1.29, 1.82) is 0 Å². The first kappa shape index (κ1) is 16.7. The molecule has 22 heavy (non-hydrogen) atoms. The van der Waals surface area contributed by atoms with E-state index in [2.05, 4.69) is 0 Å². The molecule has 1 aromatic carbocycles. The van der Waals surface area contributed by atoms with Gasteiger partial charge >= 0.3 is 13.1 Å². The van der Waals surface area contributed by atoms with Gasteiger partial charge in [-0.1, -0.05) is 30.3 Å². The van der Waals surface area contributed by atoms with Gasteiger partial charge in [-0.25, -0.2) is 4.79 Å². The predicted molar refractivity (Wildman–Crippen MR) is 76.3 cm³/mol. The minimum Gasteiger partial charge on any atom is -0.447 e. The SMILES string of the molecule is O=C(OCc1ccccc1)N1CCC[C@@H](OC[B-](F)(F)F)C1. The molecule has 0 radical (unpaired) electrons. The second-order valence-corrected chi connectivity index (χ2v) is 5.29. The molecule has 1 heterocycles. The van der Waals surface area contributed by atoms with Crippen LogP contribution in [-0.2, 0) is 16.1 Å². The average molecular weight is 316 g/mol. The largest absolute Gasteiger partial charge is 0.503 e. The quantitative estimate of drug-likeness (QED) is 0.783. The number of nitrogens with zero attached hydrogens (tertiary/aromatic N) is 1. The molecular weight excluding hydrogens is 298 g/mol. The van der Waals surface area contributed by atoms with Crippen LogP contribution in [-0.4, -0.2) is 43.7 Å². The molecular formula is C14H18BF3NO3-. The Labute approximate surface area is 127 Å². The molecule has 0 aromatic heterocycles. The van der Waals surface area contributed by atoms with Gasteiger partial charge in [0.2, 0.25) is 0 Å². The second-order valence-electron chi connectivity index (χ2n) is 5.29. The molecule has 1 fully saturated rings. The number of hydrogen-bond acceptors (Lipinski definition) is 3. The molecule has 1 atom stereocenters. The Kier molecular flexibility index (Phi) is 5.71. The Morgan fingerprint density at radius 2 is 2.00 bits per heavy atom. The van der Waals surface area contributed by atoms with Crippen LogP contribution in [0.15, 0.2) is 30.3 Å². The van der Waals surface area contributed by atoms with E-state index >= 15 is 0 Å². The number of ether oxygens (including phenoxy) is 2. The van der Waals surface area contributed by atoms with Crippen molar-refractivity contribution >= 4 is 13.1 Å². The zero-order valence-corrected chi connectivity index (χ0v) is 12.1. The molecule has 0 aliphatic carbocycles. The lowest BCUT2D eigenvalue weighted by Crippen LogP contribution is -2.44. The summed E-state index contributed by atoms with van der Waals surface area (Å²) in [5, 5.41) is 0. The summed E-state index contributed by atoms with van der Waals surface area (Å²) in [6.45, 7) is -5.42. The van der Waals surface area contributed by atoms with Crippen molar-refractivity contribution in [2.24, 2.45) is 0 Å². The standard InChI is InChI=1S/C14H18BF3NO3/c16-15(17,18)11-22-13-7-4-8-19(9-13)14(20)21-10-12-5-2-1-3-6-12/h1-3,5-6,13H,4,7-11H2/q-1/t13-/m1/s1. The fourth-order valence-corrected chi connectivity index (χ4v) is 2.30. The van der Waals surface area contributed by atoms with Crippen molar-refractivity contribution in [3.8, 4) is 0 Å². The number of piperidine rings is 1. The summed E-state index contributed by atoms with van der Waals surface area (Å²) in [6.07, 6.45) is 0.0288. The molecule has 1 aliphatic rings. The molecule has 2 rings (SSSR count). The van der Waals surface area contributed by atoms with E-state index in [1.54, 1.807) is 0 Å². The van der Waals surface area contributed by atoms with Crippen LogP contribution in [0.1, 0.15) is 18.4 Å². The van der Waals surface area contributed by atoms with E-state index in [9.17, 15) is 17.7 Å². The Hall–Kier alpha value is -1.70. The van der Waals surface area contributed by atoms with Crippen LogP contribution in [0.2, 0.25) is 0 Å². The molecule has 4 nitrogen and oxygen atoms in total. The van der Waals surface area contributed by atoms with E-state index in [1.807, 2.05) is 30.3 Å². The van der Waals surface area contributed by atoms with Crippen molar-refractivity contribution in [2.75, 3.05) is 19.6 Å². The van der Waals surface area contributed by atoms with E-state index in [4.69, 9.17) is 9.47 Å². The monoisotopic (exact) mass is 316 g/mol. The van der Waals surface area contributed by atoms with Crippen LogP contribution >= 0.6 is 0 Å². The van der Waals surface area contributed by atoms with E-state index in [0.29, 0.717) is 19.4 Å². The molecule has 0 bridgehead atoms. The number of halogens is 3. The van der Waals surface area contributed by atoms with Crippen LogP contribution in [0.5, 0.6) is 0 Å². The van der Waals surface area contributed by atoms with Gasteiger partial charge in [-0.15, -0.1) is 0 Å². The van der Waals surface area contributed by atoms with Gasteiger partial charge in [0.1, 0.15) is 6.61 Å². The van der Waals surface area contributed by atoms with E-state index in [1.165, 1.54) is 4.90 Å². The summed E-state index contributed by atoms with van der Waals surface area (Å²) in [4.78, 5) is 13.4. The molecule has 8 heteroatoms. The fraction of sp³-hybridized carbons (Fsp3) is 0.500. The molecule has 1 saturated heterocycles. The van der Waals surface area contributed by atoms with Gasteiger partial charge in [-0.2, -0.15) is 0 Å². The van der Waals surface area contributed by atoms with Gasteiger partial charge in [0.05, 0.1) is 12.6 Å². The van der Waals surface area contributed by atoms with Gasteiger partial charge in [-0.3, -0.25) is 0 Å². The summed E-state index contributed by atoms with van der Waals surface area (Å²) in [7, 11) is 0. The van der Waals surface area contributed by atoms with E-state index in [0.717, 1.165) is 5.56 Å². The van der Waals surface area contributed by atoms with E-state index in [-0.39, 0.29) is 13.2 Å². The first-order valence-corrected chi connectivity index (χ1v) is 7.22. The number of benzene rings is 1. The first-order chi connectivity index (χ1) is 10.4. The maximum Gasteiger partial charge on any atom is 0.503 e. The lowest BCUT2D eigenvalue weighted by Gasteiger charge is -2.33. The fourth-order valence-electron chi connectivity index (χ4n) is 2.30. The predicted octanol–water partition coefficient (Wildman–Crippen LogP) is 3.19. The number of hydrogen-bond donors (Lipinski definition) is 0. The van der Waals surface area contributed by atoms with Gasteiger partial charge in [-0.05, 0) is 18.4 Å². The molecule has 0 N–H and O–H groups in total. The van der Waals surface area contributed by atoms with Gasteiger partial charge in [0, 0.05) is 13.1 Å². The highest BCUT2D eigenvalue weighted by atomic mass is 19.4. The number of carbonyl (C=O) groups excluding carboxylic acids is 1. The third kappa shape index (κ3) is 5.59. The maximum absolute atomic E-state index is 12.2. The molecule has 1 amide bonds. The highest BCUT2D eigenvalue weighted by Gasteiger charge is 2.29. The first-order valence-electron chi connectivity index (χ1n) is 7.22. The topological polar surface area (TPSA) is 38.8 Å². The average Bonchev–Trinajstić information content (AvgIpc) is 2.51. The Morgan fingerprint density at radius 1 is 1.27 bits per heavy atom. The smallest absolute Gasteiger partial charge is 0.447 e.